The normalized spacial score (nSPS) is 10.8. The van der Waals surface area contributed by atoms with E-state index in [1.54, 1.807) is 30.7 Å². The van der Waals surface area contributed by atoms with Crippen LogP contribution in [0.4, 0.5) is 4.39 Å². The lowest BCUT2D eigenvalue weighted by Gasteiger charge is -2.08. The molecule has 1 aromatic heterocycles. The van der Waals surface area contributed by atoms with E-state index < -0.39 is 0 Å². The zero-order chi connectivity index (χ0) is 14.2. The molecule has 0 atom stereocenters. The summed E-state index contributed by atoms with van der Waals surface area (Å²) < 4.78 is 15.3. The zero-order valence-corrected chi connectivity index (χ0v) is 11.8. The van der Waals surface area contributed by atoms with Gasteiger partial charge in [0.25, 0.3) is 0 Å². The van der Waals surface area contributed by atoms with Crippen LogP contribution in [-0.2, 0) is 6.54 Å². The van der Waals surface area contributed by atoms with E-state index in [2.05, 4.69) is 5.10 Å². The number of aryl methyl sites for hydroxylation is 1. The summed E-state index contributed by atoms with van der Waals surface area (Å²) in [4.78, 5) is 11.5. The first-order valence-corrected chi connectivity index (χ1v) is 6.27. The molecule has 19 heavy (non-hydrogen) atoms. The molecule has 1 aromatic carbocycles. The molecule has 0 unspecified atom stereocenters. The third kappa shape index (κ3) is 2.54. The predicted octanol–water partition coefficient (Wildman–Crippen LogP) is 3.54. The SMILES string of the molecule is CC(=O)c1c(C)nn(Cc2c(F)cccc2Cl)c1C. The van der Waals surface area contributed by atoms with E-state index in [0.717, 1.165) is 5.69 Å². The molecule has 0 spiro atoms. The quantitative estimate of drug-likeness (QED) is 0.806. The number of nitrogens with zero attached hydrogens (tertiary/aromatic N) is 2. The fourth-order valence-corrected chi connectivity index (χ4v) is 2.42. The number of hydrogen-bond acceptors (Lipinski definition) is 2. The average molecular weight is 281 g/mol. The Kier molecular flexibility index (Phi) is 3.71. The van der Waals surface area contributed by atoms with Gasteiger partial charge in [0.2, 0.25) is 0 Å². The van der Waals surface area contributed by atoms with E-state index in [1.807, 2.05) is 0 Å². The van der Waals surface area contributed by atoms with Gasteiger partial charge in [-0.25, -0.2) is 4.39 Å². The number of Topliss-reactive ketones (excluding diaryl/α,β-unsaturated/α-hetero) is 1. The molecular weight excluding hydrogens is 267 g/mol. The average Bonchev–Trinajstić information content (AvgIpc) is 2.59. The summed E-state index contributed by atoms with van der Waals surface area (Å²) in [7, 11) is 0. The zero-order valence-electron chi connectivity index (χ0n) is 11.0. The Morgan fingerprint density at radius 1 is 1.42 bits per heavy atom. The van der Waals surface area contributed by atoms with Crippen molar-refractivity contribution in [2.24, 2.45) is 0 Å². The van der Waals surface area contributed by atoms with Gasteiger partial charge in [-0.15, -0.1) is 0 Å². The molecule has 0 saturated carbocycles. The molecule has 1 heterocycles. The van der Waals surface area contributed by atoms with Gasteiger partial charge < -0.3 is 0 Å². The van der Waals surface area contributed by atoms with Crippen LogP contribution < -0.4 is 0 Å². The monoisotopic (exact) mass is 280 g/mol. The van der Waals surface area contributed by atoms with Crippen LogP contribution in [0.1, 0.15) is 34.2 Å². The third-order valence-electron chi connectivity index (χ3n) is 3.10. The largest absolute Gasteiger partial charge is 0.294 e. The minimum atomic E-state index is -0.371. The maximum Gasteiger partial charge on any atom is 0.163 e. The molecule has 3 nitrogen and oxygen atoms in total. The highest BCUT2D eigenvalue weighted by Gasteiger charge is 2.17. The number of aromatic nitrogens is 2. The minimum Gasteiger partial charge on any atom is -0.294 e. The van der Waals surface area contributed by atoms with Gasteiger partial charge in [-0.3, -0.25) is 9.48 Å². The van der Waals surface area contributed by atoms with Gasteiger partial charge in [0.1, 0.15) is 5.82 Å². The van der Waals surface area contributed by atoms with E-state index >= 15 is 0 Å². The number of carbonyl (C=O) groups is 1. The number of ketones is 1. The van der Waals surface area contributed by atoms with Crippen LogP contribution in [0.2, 0.25) is 5.02 Å². The van der Waals surface area contributed by atoms with Crippen molar-refractivity contribution in [3.8, 4) is 0 Å². The Morgan fingerprint density at radius 2 is 2.11 bits per heavy atom. The lowest BCUT2D eigenvalue weighted by molar-refractivity contribution is 0.101. The van der Waals surface area contributed by atoms with Gasteiger partial charge in [-0.2, -0.15) is 5.10 Å². The van der Waals surface area contributed by atoms with Gasteiger partial charge >= 0.3 is 0 Å². The number of benzene rings is 1. The van der Waals surface area contributed by atoms with Gasteiger partial charge in [0.05, 0.1) is 17.8 Å². The molecule has 0 N–H and O–H groups in total. The van der Waals surface area contributed by atoms with Crippen LogP contribution >= 0.6 is 11.6 Å². The summed E-state index contributed by atoms with van der Waals surface area (Å²) in [5, 5.41) is 4.64. The first kappa shape index (κ1) is 13.7. The Morgan fingerprint density at radius 3 is 2.63 bits per heavy atom. The van der Waals surface area contributed by atoms with E-state index in [9.17, 15) is 9.18 Å². The fraction of sp³-hybridized carbons (Fsp3) is 0.286. The first-order valence-electron chi connectivity index (χ1n) is 5.89. The van der Waals surface area contributed by atoms with Gasteiger partial charge in [-0.1, -0.05) is 17.7 Å². The van der Waals surface area contributed by atoms with E-state index in [-0.39, 0.29) is 18.1 Å². The summed E-state index contributed by atoms with van der Waals surface area (Å²) in [6.45, 7) is 5.28. The Bertz CT molecular complexity index is 629. The first-order chi connectivity index (χ1) is 8.91. The van der Waals surface area contributed by atoms with Crippen LogP contribution in [0.3, 0.4) is 0 Å². The summed E-state index contributed by atoms with van der Waals surface area (Å²) in [5.41, 5.74) is 2.35. The lowest BCUT2D eigenvalue weighted by Crippen LogP contribution is -2.07. The molecule has 0 aliphatic carbocycles. The Hall–Kier alpha value is -1.68. The summed E-state index contributed by atoms with van der Waals surface area (Å²) >= 11 is 5.99. The molecule has 2 rings (SSSR count). The molecule has 0 saturated heterocycles. The highest BCUT2D eigenvalue weighted by atomic mass is 35.5. The number of rotatable bonds is 3. The maximum atomic E-state index is 13.7. The molecule has 0 aliphatic heterocycles. The van der Waals surface area contributed by atoms with E-state index in [1.165, 1.54) is 13.0 Å². The minimum absolute atomic E-state index is 0.0409. The van der Waals surface area contributed by atoms with Crippen molar-refractivity contribution in [1.29, 1.82) is 0 Å². The number of hydrogen-bond donors (Lipinski definition) is 0. The molecule has 0 aliphatic rings. The second-order valence-corrected chi connectivity index (χ2v) is 4.87. The predicted molar refractivity (Wildman–Crippen MR) is 72.2 cm³/mol. The summed E-state index contributed by atoms with van der Waals surface area (Å²) in [5.74, 6) is -0.412. The van der Waals surface area contributed by atoms with E-state index in [4.69, 9.17) is 11.6 Å². The van der Waals surface area contributed by atoms with Gasteiger partial charge in [-0.05, 0) is 32.9 Å². The van der Waals surface area contributed by atoms with Crippen LogP contribution in [0.15, 0.2) is 18.2 Å². The van der Waals surface area contributed by atoms with Crippen LogP contribution in [0.5, 0.6) is 0 Å². The maximum absolute atomic E-state index is 13.7. The Balaban J connectivity index is 2.45. The highest BCUT2D eigenvalue weighted by molar-refractivity contribution is 6.31. The molecule has 0 radical (unpaired) electrons. The van der Waals surface area contributed by atoms with Gasteiger partial charge in [0.15, 0.2) is 5.78 Å². The smallest absolute Gasteiger partial charge is 0.163 e. The molecule has 0 amide bonds. The van der Waals surface area contributed by atoms with Crippen molar-refractivity contribution in [3.05, 3.63) is 51.6 Å². The lowest BCUT2D eigenvalue weighted by atomic mass is 10.1. The highest BCUT2D eigenvalue weighted by Crippen LogP contribution is 2.22. The van der Waals surface area contributed by atoms with Crippen molar-refractivity contribution in [2.75, 3.05) is 0 Å². The van der Waals surface area contributed by atoms with Crippen LogP contribution in [0, 0.1) is 19.7 Å². The van der Waals surface area contributed by atoms with Crippen molar-refractivity contribution in [3.63, 3.8) is 0 Å². The standard InChI is InChI=1S/C14H14ClFN2O/c1-8-14(10(3)19)9(2)18(17-8)7-11-12(15)5-4-6-13(11)16/h4-6H,7H2,1-3H3. The molecular formula is C14H14ClFN2O. The fourth-order valence-electron chi connectivity index (χ4n) is 2.19. The van der Waals surface area contributed by atoms with Crippen LogP contribution in [-0.4, -0.2) is 15.6 Å². The molecule has 2 aromatic rings. The van der Waals surface area contributed by atoms with Crippen molar-refractivity contribution >= 4 is 17.4 Å². The van der Waals surface area contributed by atoms with Crippen molar-refractivity contribution in [2.45, 2.75) is 27.3 Å². The van der Waals surface area contributed by atoms with E-state index in [0.29, 0.717) is 21.8 Å². The van der Waals surface area contributed by atoms with Gasteiger partial charge in [0, 0.05) is 16.3 Å². The Labute approximate surface area is 116 Å². The molecule has 0 fully saturated rings. The summed E-state index contributed by atoms with van der Waals surface area (Å²) in [6.07, 6.45) is 0. The van der Waals surface area contributed by atoms with Crippen molar-refractivity contribution < 1.29 is 9.18 Å². The molecule has 0 bridgehead atoms. The third-order valence-corrected chi connectivity index (χ3v) is 3.46. The van der Waals surface area contributed by atoms with Crippen molar-refractivity contribution in [1.82, 2.24) is 9.78 Å². The molecule has 5 heteroatoms. The topological polar surface area (TPSA) is 34.9 Å². The molecule has 100 valence electrons. The number of carbonyl (C=O) groups excluding carboxylic acids is 1. The second-order valence-electron chi connectivity index (χ2n) is 4.46. The number of halogens is 2. The van der Waals surface area contributed by atoms with Crippen LogP contribution in [0.25, 0.3) is 0 Å². The summed E-state index contributed by atoms with van der Waals surface area (Å²) in [6, 6.07) is 4.56. The second kappa shape index (κ2) is 5.13.